The highest BCUT2D eigenvalue weighted by atomic mass is 14.8. The molecule has 0 radical (unpaired) electrons. The molecule has 2 aromatic rings. The number of unbranched alkanes of at least 4 members (excludes halogenated alkanes) is 6. The molecule has 33 heavy (non-hydrogen) atoms. The third kappa shape index (κ3) is 8.29. The summed E-state index contributed by atoms with van der Waals surface area (Å²) in [4.78, 5) is 0. The molecule has 0 bridgehead atoms. The van der Waals surface area contributed by atoms with E-state index in [9.17, 15) is 0 Å². The molecule has 0 spiro atoms. The molecule has 1 aliphatic carbocycles. The van der Waals surface area contributed by atoms with Crippen molar-refractivity contribution in [3.63, 3.8) is 0 Å². The van der Waals surface area contributed by atoms with Crippen molar-refractivity contribution in [3.8, 4) is 11.1 Å². The molecule has 0 aliphatic heterocycles. The Morgan fingerprint density at radius 2 is 1.48 bits per heavy atom. The van der Waals surface area contributed by atoms with Crippen LogP contribution in [0.15, 0.2) is 42.5 Å². The number of hydrogen-bond acceptors (Lipinski definition) is 1. The molecule has 1 fully saturated rings. The largest absolute Gasteiger partial charge is 0.319 e. The lowest BCUT2D eigenvalue weighted by molar-refractivity contribution is 0.302. The van der Waals surface area contributed by atoms with Crippen molar-refractivity contribution in [2.75, 3.05) is 13.6 Å². The van der Waals surface area contributed by atoms with E-state index in [1.165, 1.54) is 99.3 Å². The van der Waals surface area contributed by atoms with Gasteiger partial charge in [-0.25, -0.2) is 0 Å². The van der Waals surface area contributed by atoms with Crippen molar-refractivity contribution >= 4 is 0 Å². The van der Waals surface area contributed by atoms with E-state index in [4.69, 9.17) is 0 Å². The van der Waals surface area contributed by atoms with Gasteiger partial charge in [-0.05, 0) is 91.8 Å². The van der Waals surface area contributed by atoms with Crippen LogP contribution in [0.4, 0.5) is 0 Å². The first-order valence-corrected chi connectivity index (χ1v) is 14.1. The third-order valence-electron chi connectivity index (χ3n) is 7.97. The Morgan fingerprint density at radius 1 is 0.788 bits per heavy atom. The standard InChI is InChI=1S/C32H49N/c1-4-6-7-8-9-10-11-12-26-13-16-29(17-14-26)30-18-20-31(21-19-30)32-22-15-27(23-24-33-3)25-28(32)5-2/h15,18-22,25-26,29,33H,4-14,16-17,23-24H2,1-3H3. The van der Waals surface area contributed by atoms with Crippen molar-refractivity contribution in [1.82, 2.24) is 5.32 Å². The summed E-state index contributed by atoms with van der Waals surface area (Å²) in [6, 6.07) is 16.7. The summed E-state index contributed by atoms with van der Waals surface area (Å²) in [5, 5.41) is 3.26. The SMILES string of the molecule is CCCCCCCCCC1CCC(c2ccc(-c3ccc(CCNC)cc3CC)cc2)CC1. The van der Waals surface area contributed by atoms with Crippen LogP contribution in [0.3, 0.4) is 0 Å². The molecule has 1 nitrogen and oxygen atoms in total. The zero-order valence-electron chi connectivity index (χ0n) is 21.8. The van der Waals surface area contributed by atoms with E-state index in [2.05, 4.69) is 61.6 Å². The zero-order chi connectivity index (χ0) is 23.3. The third-order valence-corrected chi connectivity index (χ3v) is 7.97. The minimum atomic E-state index is 0.777. The monoisotopic (exact) mass is 447 g/mol. The first-order valence-electron chi connectivity index (χ1n) is 14.1. The summed E-state index contributed by atoms with van der Waals surface area (Å²) < 4.78 is 0. The summed E-state index contributed by atoms with van der Waals surface area (Å²) in [5.74, 6) is 1.77. The topological polar surface area (TPSA) is 12.0 Å². The Morgan fingerprint density at radius 3 is 2.15 bits per heavy atom. The lowest BCUT2D eigenvalue weighted by Gasteiger charge is -2.29. The fourth-order valence-electron chi connectivity index (χ4n) is 5.76. The van der Waals surface area contributed by atoms with Crippen LogP contribution >= 0.6 is 0 Å². The molecule has 0 aromatic heterocycles. The second-order valence-electron chi connectivity index (χ2n) is 10.4. The van der Waals surface area contributed by atoms with Crippen molar-refractivity contribution in [3.05, 3.63) is 59.2 Å². The predicted molar refractivity (Wildman–Crippen MR) is 146 cm³/mol. The van der Waals surface area contributed by atoms with Gasteiger partial charge in [0.2, 0.25) is 0 Å². The van der Waals surface area contributed by atoms with E-state index in [1.807, 2.05) is 7.05 Å². The van der Waals surface area contributed by atoms with Gasteiger partial charge in [-0.15, -0.1) is 0 Å². The van der Waals surface area contributed by atoms with E-state index in [0.717, 1.165) is 31.2 Å². The van der Waals surface area contributed by atoms with Gasteiger partial charge in [0, 0.05) is 0 Å². The van der Waals surface area contributed by atoms with E-state index < -0.39 is 0 Å². The van der Waals surface area contributed by atoms with Crippen LogP contribution in [0, 0.1) is 5.92 Å². The number of aryl methyl sites for hydroxylation is 1. The van der Waals surface area contributed by atoms with Crippen LogP contribution in [-0.4, -0.2) is 13.6 Å². The summed E-state index contributed by atoms with van der Waals surface area (Å²) in [6.45, 7) is 5.62. The van der Waals surface area contributed by atoms with Crippen LogP contribution in [0.5, 0.6) is 0 Å². The first kappa shape index (κ1) is 26.0. The number of benzene rings is 2. The number of likely N-dealkylation sites (N-methyl/N-ethyl adjacent to an activating group) is 1. The zero-order valence-corrected chi connectivity index (χ0v) is 21.8. The van der Waals surface area contributed by atoms with E-state index in [0.29, 0.717) is 0 Å². The summed E-state index contributed by atoms with van der Waals surface area (Å²) in [6.07, 6.45) is 19.4. The Kier molecular flexibility index (Phi) is 11.5. The van der Waals surface area contributed by atoms with Crippen LogP contribution in [0.2, 0.25) is 0 Å². The molecule has 2 aromatic carbocycles. The molecule has 1 heteroatoms. The maximum absolute atomic E-state index is 3.26. The maximum Gasteiger partial charge on any atom is -0.00114 e. The molecule has 0 atom stereocenters. The maximum atomic E-state index is 3.26. The highest BCUT2D eigenvalue weighted by Crippen LogP contribution is 2.38. The second kappa shape index (κ2) is 14.6. The van der Waals surface area contributed by atoms with Gasteiger partial charge in [0.1, 0.15) is 0 Å². The fourth-order valence-corrected chi connectivity index (χ4v) is 5.76. The van der Waals surface area contributed by atoms with E-state index in [-0.39, 0.29) is 0 Å². The van der Waals surface area contributed by atoms with Crippen molar-refractivity contribution in [1.29, 1.82) is 0 Å². The highest BCUT2D eigenvalue weighted by molar-refractivity contribution is 5.68. The van der Waals surface area contributed by atoms with Gasteiger partial charge in [-0.3, -0.25) is 0 Å². The first-order chi connectivity index (χ1) is 16.2. The average Bonchev–Trinajstić information content (AvgIpc) is 2.87. The molecule has 182 valence electrons. The molecule has 3 rings (SSSR count). The van der Waals surface area contributed by atoms with Gasteiger partial charge < -0.3 is 5.32 Å². The van der Waals surface area contributed by atoms with Gasteiger partial charge in [-0.2, -0.15) is 0 Å². The Bertz CT molecular complexity index is 783. The molecule has 1 N–H and O–H groups in total. The summed E-state index contributed by atoms with van der Waals surface area (Å²) >= 11 is 0. The van der Waals surface area contributed by atoms with Gasteiger partial charge in [-0.1, -0.05) is 108 Å². The van der Waals surface area contributed by atoms with Gasteiger partial charge in [0.25, 0.3) is 0 Å². The van der Waals surface area contributed by atoms with Crippen LogP contribution in [0.1, 0.15) is 114 Å². The number of rotatable bonds is 14. The van der Waals surface area contributed by atoms with Gasteiger partial charge in [0.15, 0.2) is 0 Å². The van der Waals surface area contributed by atoms with Gasteiger partial charge in [0.05, 0.1) is 0 Å². The normalized spacial score (nSPS) is 18.5. The fraction of sp³-hybridized carbons (Fsp3) is 0.625. The smallest absolute Gasteiger partial charge is 0.00114 e. The molecular formula is C32H49N. The van der Waals surface area contributed by atoms with E-state index in [1.54, 1.807) is 5.56 Å². The Hall–Kier alpha value is -1.60. The minimum Gasteiger partial charge on any atom is -0.319 e. The van der Waals surface area contributed by atoms with Gasteiger partial charge >= 0.3 is 0 Å². The second-order valence-corrected chi connectivity index (χ2v) is 10.4. The van der Waals surface area contributed by atoms with Crippen LogP contribution in [0.25, 0.3) is 11.1 Å². The van der Waals surface area contributed by atoms with Crippen molar-refractivity contribution in [2.45, 2.75) is 110 Å². The number of hydrogen-bond donors (Lipinski definition) is 1. The quantitative estimate of drug-likeness (QED) is 0.285. The molecule has 0 saturated heterocycles. The molecule has 1 aliphatic rings. The molecule has 0 amide bonds. The van der Waals surface area contributed by atoms with E-state index >= 15 is 0 Å². The van der Waals surface area contributed by atoms with Crippen molar-refractivity contribution < 1.29 is 0 Å². The predicted octanol–water partition coefficient (Wildman–Crippen LogP) is 9.09. The summed E-state index contributed by atoms with van der Waals surface area (Å²) in [5.41, 5.74) is 7.27. The Balaban J connectivity index is 1.46. The lowest BCUT2D eigenvalue weighted by atomic mass is 9.77. The van der Waals surface area contributed by atoms with Crippen LogP contribution in [-0.2, 0) is 12.8 Å². The molecular weight excluding hydrogens is 398 g/mol. The number of nitrogens with one attached hydrogen (secondary N) is 1. The minimum absolute atomic E-state index is 0.777. The Labute approximate surface area is 204 Å². The highest BCUT2D eigenvalue weighted by Gasteiger charge is 2.22. The summed E-state index contributed by atoms with van der Waals surface area (Å²) in [7, 11) is 2.03. The average molecular weight is 448 g/mol. The molecule has 0 heterocycles. The van der Waals surface area contributed by atoms with Crippen molar-refractivity contribution in [2.24, 2.45) is 5.92 Å². The van der Waals surface area contributed by atoms with Crippen LogP contribution < -0.4 is 5.32 Å². The lowest BCUT2D eigenvalue weighted by Crippen LogP contribution is -2.13. The molecule has 0 unspecified atom stereocenters. The molecule has 1 saturated carbocycles.